The summed E-state index contributed by atoms with van der Waals surface area (Å²) in [4.78, 5) is 5.47. The van der Waals surface area contributed by atoms with Crippen LogP contribution in [0.5, 0.6) is 11.6 Å². The summed E-state index contributed by atoms with van der Waals surface area (Å²) in [6.07, 6.45) is 2.04. The largest absolute Gasteiger partial charge is 0.439 e. The predicted molar refractivity (Wildman–Crippen MR) is 71.7 cm³/mol. The first-order valence-corrected chi connectivity index (χ1v) is 6.46. The molecule has 0 spiro atoms. The highest BCUT2D eigenvalue weighted by Gasteiger charge is 2.01. The molecule has 0 amide bonds. The Bertz CT molecular complexity index is 511. The minimum Gasteiger partial charge on any atom is -0.439 e. The average Bonchev–Trinajstić information content (AvgIpc) is 2.35. The molecule has 0 unspecified atom stereocenters. The van der Waals surface area contributed by atoms with Crippen LogP contribution in [0, 0.1) is 6.92 Å². The Kier molecular flexibility index (Phi) is 3.54. The number of aromatic nitrogens is 1. The minimum atomic E-state index is 0.564. The third kappa shape index (κ3) is 2.91. The summed E-state index contributed by atoms with van der Waals surface area (Å²) in [5, 5.41) is 0. The lowest BCUT2D eigenvalue weighted by atomic mass is 10.3. The monoisotopic (exact) mass is 246 g/mol. The van der Waals surface area contributed by atoms with Crippen molar-refractivity contribution < 1.29 is 4.74 Å². The molecule has 2 rings (SSSR count). The van der Waals surface area contributed by atoms with Gasteiger partial charge >= 0.3 is 0 Å². The van der Waals surface area contributed by atoms with Gasteiger partial charge in [-0.15, -0.1) is 11.8 Å². The van der Waals surface area contributed by atoms with Gasteiger partial charge in [0.1, 0.15) is 5.75 Å². The summed E-state index contributed by atoms with van der Waals surface area (Å²) >= 11 is 1.70. The smallest absolute Gasteiger partial charge is 0.219 e. The third-order valence-electron chi connectivity index (χ3n) is 2.38. The number of benzene rings is 1. The van der Waals surface area contributed by atoms with Gasteiger partial charge in [-0.1, -0.05) is 0 Å². The number of aryl methyl sites for hydroxylation is 1. The lowest BCUT2D eigenvalue weighted by Crippen LogP contribution is -1.95. The maximum Gasteiger partial charge on any atom is 0.219 e. The molecule has 1 heterocycles. The van der Waals surface area contributed by atoms with E-state index < -0.39 is 0 Å². The Hall–Kier alpha value is -1.68. The van der Waals surface area contributed by atoms with Crippen LogP contribution in [0.3, 0.4) is 0 Å². The van der Waals surface area contributed by atoms with E-state index in [1.54, 1.807) is 23.9 Å². The van der Waals surface area contributed by atoms with Crippen LogP contribution in [-0.4, -0.2) is 11.2 Å². The molecule has 0 saturated heterocycles. The molecule has 0 saturated carbocycles. The van der Waals surface area contributed by atoms with Gasteiger partial charge in [-0.25, -0.2) is 4.98 Å². The molecular formula is C13H14N2OS. The lowest BCUT2D eigenvalue weighted by Gasteiger charge is -2.07. The fourth-order valence-corrected chi connectivity index (χ4v) is 1.78. The van der Waals surface area contributed by atoms with E-state index in [0.29, 0.717) is 11.6 Å². The standard InChI is InChI=1S/C13H14N2OS/c1-9-12(14)7-8-13(15-9)16-10-3-5-11(17-2)6-4-10/h3-8H,14H2,1-2H3. The van der Waals surface area contributed by atoms with Crippen molar-refractivity contribution >= 4 is 17.4 Å². The maximum atomic E-state index is 5.70. The molecule has 3 nitrogen and oxygen atoms in total. The Morgan fingerprint density at radius 2 is 1.82 bits per heavy atom. The molecule has 0 bridgehead atoms. The molecule has 1 aromatic carbocycles. The first kappa shape index (κ1) is 11.8. The van der Waals surface area contributed by atoms with Gasteiger partial charge in [0.25, 0.3) is 0 Å². The summed E-state index contributed by atoms with van der Waals surface area (Å²) in [6, 6.07) is 11.5. The minimum absolute atomic E-state index is 0.564. The zero-order valence-corrected chi connectivity index (χ0v) is 10.6. The van der Waals surface area contributed by atoms with Crippen LogP contribution in [-0.2, 0) is 0 Å². The second-order valence-corrected chi connectivity index (χ2v) is 4.48. The van der Waals surface area contributed by atoms with E-state index in [2.05, 4.69) is 4.98 Å². The molecule has 0 aliphatic heterocycles. The van der Waals surface area contributed by atoms with Gasteiger partial charge in [0.05, 0.1) is 11.4 Å². The van der Waals surface area contributed by atoms with E-state index in [1.807, 2.05) is 37.4 Å². The molecule has 0 radical (unpaired) electrons. The van der Waals surface area contributed by atoms with Crippen LogP contribution in [0.2, 0.25) is 0 Å². The fraction of sp³-hybridized carbons (Fsp3) is 0.154. The molecule has 2 aromatic rings. The quantitative estimate of drug-likeness (QED) is 0.842. The van der Waals surface area contributed by atoms with E-state index >= 15 is 0 Å². The second kappa shape index (κ2) is 5.10. The molecule has 0 aliphatic rings. The molecule has 0 fully saturated rings. The van der Waals surface area contributed by atoms with Gasteiger partial charge in [0.2, 0.25) is 5.88 Å². The molecule has 0 atom stereocenters. The van der Waals surface area contributed by atoms with Gasteiger partial charge < -0.3 is 10.5 Å². The molecular weight excluding hydrogens is 232 g/mol. The number of anilines is 1. The molecule has 17 heavy (non-hydrogen) atoms. The molecule has 2 N–H and O–H groups in total. The van der Waals surface area contributed by atoms with Gasteiger partial charge in [-0.05, 0) is 43.5 Å². The number of nitrogen functional groups attached to an aromatic ring is 1. The lowest BCUT2D eigenvalue weighted by molar-refractivity contribution is 0.461. The average molecular weight is 246 g/mol. The highest BCUT2D eigenvalue weighted by atomic mass is 32.2. The van der Waals surface area contributed by atoms with Gasteiger partial charge in [-0.2, -0.15) is 0 Å². The Labute approximate surface area is 105 Å². The van der Waals surface area contributed by atoms with Gasteiger partial charge in [0.15, 0.2) is 0 Å². The highest BCUT2D eigenvalue weighted by Crippen LogP contribution is 2.24. The van der Waals surface area contributed by atoms with Crippen molar-refractivity contribution in [2.45, 2.75) is 11.8 Å². The predicted octanol–water partition coefficient (Wildman–Crippen LogP) is 3.49. The Morgan fingerprint density at radius 3 is 2.41 bits per heavy atom. The van der Waals surface area contributed by atoms with E-state index in [9.17, 15) is 0 Å². The van der Waals surface area contributed by atoms with Gasteiger partial charge in [-0.3, -0.25) is 0 Å². The van der Waals surface area contributed by atoms with Crippen LogP contribution in [0.4, 0.5) is 5.69 Å². The van der Waals surface area contributed by atoms with Crippen molar-refractivity contribution in [3.8, 4) is 11.6 Å². The molecule has 1 aromatic heterocycles. The summed E-state index contributed by atoms with van der Waals surface area (Å²) in [7, 11) is 0. The van der Waals surface area contributed by atoms with Crippen LogP contribution in [0.15, 0.2) is 41.3 Å². The van der Waals surface area contributed by atoms with Crippen molar-refractivity contribution in [3.05, 3.63) is 42.1 Å². The first-order chi connectivity index (χ1) is 8.19. The third-order valence-corrected chi connectivity index (χ3v) is 3.13. The SMILES string of the molecule is CSc1ccc(Oc2ccc(N)c(C)n2)cc1. The van der Waals surface area contributed by atoms with Crippen LogP contribution >= 0.6 is 11.8 Å². The zero-order chi connectivity index (χ0) is 12.3. The second-order valence-electron chi connectivity index (χ2n) is 3.60. The first-order valence-electron chi connectivity index (χ1n) is 5.24. The number of pyridine rings is 1. The fourth-order valence-electron chi connectivity index (χ4n) is 1.37. The molecule has 4 heteroatoms. The van der Waals surface area contributed by atoms with E-state index in [4.69, 9.17) is 10.5 Å². The van der Waals surface area contributed by atoms with E-state index in [1.165, 1.54) is 4.90 Å². The summed E-state index contributed by atoms with van der Waals surface area (Å²) in [6.45, 7) is 1.86. The Balaban J connectivity index is 2.16. The van der Waals surface area contributed by atoms with E-state index in [-0.39, 0.29) is 0 Å². The number of nitrogens with two attached hydrogens (primary N) is 1. The van der Waals surface area contributed by atoms with Crippen molar-refractivity contribution in [2.75, 3.05) is 12.0 Å². The number of ether oxygens (including phenoxy) is 1. The zero-order valence-electron chi connectivity index (χ0n) is 9.81. The number of rotatable bonds is 3. The van der Waals surface area contributed by atoms with Crippen molar-refractivity contribution in [3.63, 3.8) is 0 Å². The summed E-state index contributed by atoms with van der Waals surface area (Å²) in [5.74, 6) is 1.34. The van der Waals surface area contributed by atoms with Crippen LogP contribution in [0.1, 0.15) is 5.69 Å². The number of nitrogens with zero attached hydrogens (tertiary/aromatic N) is 1. The Morgan fingerprint density at radius 1 is 1.12 bits per heavy atom. The highest BCUT2D eigenvalue weighted by molar-refractivity contribution is 7.98. The number of hydrogen-bond donors (Lipinski definition) is 1. The van der Waals surface area contributed by atoms with Crippen LogP contribution < -0.4 is 10.5 Å². The van der Waals surface area contributed by atoms with Crippen LogP contribution in [0.25, 0.3) is 0 Å². The van der Waals surface area contributed by atoms with Crippen molar-refractivity contribution in [1.29, 1.82) is 0 Å². The van der Waals surface area contributed by atoms with Gasteiger partial charge in [0, 0.05) is 11.0 Å². The maximum absolute atomic E-state index is 5.70. The van der Waals surface area contributed by atoms with E-state index in [0.717, 1.165) is 11.4 Å². The summed E-state index contributed by atoms with van der Waals surface area (Å²) < 4.78 is 5.64. The molecule has 88 valence electrons. The van der Waals surface area contributed by atoms with Crippen molar-refractivity contribution in [1.82, 2.24) is 4.98 Å². The van der Waals surface area contributed by atoms with Crippen molar-refractivity contribution in [2.24, 2.45) is 0 Å². The normalized spacial score (nSPS) is 10.2. The topological polar surface area (TPSA) is 48.1 Å². The number of hydrogen-bond acceptors (Lipinski definition) is 4. The number of thioether (sulfide) groups is 1. The summed E-state index contributed by atoms with van der Waals surface area (Å²) in [5.41, 5.74) is 7.16. The molecule has 0 aliphatic carbocycles.